The first-order valence-corrected chi connectivity index (χ1v) is 5.37. The summed E-state index contributed by atoms with van der Waals surface area (Å²) in [6, 6.07) is 7.74. The topological polar surface area (TPSA) is 46.5 Å². The number of benzene rings is 1. The molecule has 0 saturated heterocycles. The van der Waals surface area contributed by atoms with Crippen molar-refractivity contribution in [2.24, 2.45) is 0 Å². The molecule has 1 aromatic carbocycles. The van der Waals surface area contributed by atoms with Gasteiger partial charge in [0.1, 0.15) is 11.4 Å². The first-order chi connectivity index (χ1) is 7.41. The molecule has 0 heterocycles. The van der Waals surface area contributed by atoms with Crippen LogP contribution in [-0.2, 0) is 4.79 Å². The van der Waals surface area contributed by atoms with Gasteiger partial charge in [-0.15, -0.1) is 0 Å². The van der Waals surface area contributed by atoms with Gasteiger partial charge in [-0.2, -0.15) is 0 Å². The summed E-state index contributed by atoms with van der Waals surface area (Å²) < 4.78 is 5.82. The van der Waals surface area contributed by atoms with Crippen molar-refractivity contribution in [2.45, 2.75) is 39.2 Å². The zero-order chi connectivity index (χ0) is 12.2. The zero-order valence-corrected chi connectivity index (χ0v) is 9.99. The first-order valence-electron chi connectivity index (χ1n) is 5.37. The molecule has 1 N–H and O–H groups in total. The highest BCUT2D eigenvalue weighted by atomic mass is 16.5. The quantitative estimate of drug-likeness (QED) is 0.833. The second-order valence-electron chi connectivity index (χ2n) is 4.52. The Kier molecular flexibility index (Phi) is 3.93. The molecule has 0 atom stereocenters. The monoisotopic (exact) mass is 222 g/mol. The van der Waals surface area contributed by atoms with E-state index in [1.165, 1.54) is 0 Å². The number of carbonyl (C=O) groups is 1. The summed E-state index contributed by atoms with van der Waals surface area (Å²) in [5.74, 6) is 0.0272. The number of carboxylic acids is 1. The molecule has 1 rings (SSSR count). The van der Waals surface area contributed by atoms with E-state index in [2.05, 4.69) is 0 Å². The zero-order valence-electron chi connectivity index (χ0n) is 9.99. The number of carboxylic acid groups (broad SMARTS) is 1. The summed E-state index contributed by atoms with van der Waals surface area (Å²) in [7, 11) is 0. The maximum absolute atomic E-state index is 10.5. The van der Waals surface area contributed by atoms with Gasteiger partial charge < -0.3 is 9.84 Å². The summed E-state index contributed by atoms with van der Waals surface area (Å²) in [4.78, 5) is 10.5. The molecule has 0 unspecified atom stereocenters. The molecule has 0 radical (unpaired) electrons. The van der Waals surface area contributed by atoms with Crippen molar-refractivity contribution in [1.29, 1.82) is 0 Å². The maximum atomic E-state index is 10.5. The molecular formula is C13H18O3. The molecule has 3 nitrogen and oxygen atoms in total. The van der Waals surface area contributed by atoms with Gasteiger partial charge >= 0.3 is 5.97 Å². The van der Waals surface area contributed by atoms with Crippen LogP contribution < -0.4 is 4.74 Å². The van der Waals surface area contributed by atoms with Gasteiger partial charge in [0.05, 0.1) is 0 Å². The van der Waals surface area contributed by atoms with Gasteiger partial charge in [0.25, 0.3) is 0 Å². The molecule has 0 fully saturated rings. The van der Waals surface area contributed by atoms with E-state index in [0.717, 1.165) is 11.3 Å². The predicted octanol–water partition coefficient (Wildman–Crippen LogP) is 3.02. The van der Waals surface area contributed by atoms with Crippen molar-refractivity contribution >= 4 is 5.97 Å². The Balaban J connectivity index is 2.65. The van der Waals surface area contributed by atoms with Crippen LogP contribution in [0.4, 0.5) is 0 Å². The third-order valence-corrected chi connectivity index (χ3v) is 2.42. The molecule has 0 spiro atoms. The molecule has 0 amide bonds. The Morgan fingerprint density at radius 1 is 1.38 bits per heavy atom. The Morgan fingerprint density at radius 3 is 2.56 bits per heavy atom. The van der Waals surface area contributed by atoms with Crippen LogP contribution >= 0.6 is 0 Å². The molecule has 0 aliphatic rings. The number of hydrogen-bond donors (Lipinski definition) is 1. The van der Waals surface area contributed by atoms with Crippen LogP contribution in [0.5, 0.6) is 5.75 Å². The number of ether oxygens (including phenoxy) is 1. The largest absolute Gasteiger partial charge is 0.488 e. The van der Waals surface area contributed by atoms with Gasteiger partial charge in [-0.3, -0.25) is 4.79 Å². The minimum absolute atomic E-state index is 0.124. The van der Waals surface area contributed by atoms with Gasteiger partial charge in [-0.25, -0.2) is 0 Å². The van der Waals surface area contributed by atoms with E-state index in [1.54, 1.807) is 0 Å². The van der Waals surface area contributed by atoms with Gasteiger partial charge in [-0.05, 0) is 38.8 Å². The van der Waals surface area contributed by atoms with E-state index in [4.69, 9.17) is 9.84 Å². The summed E-state index contributed by atoms with van der Waals surface area (Å²) in [5, 5.41) is 8.64. The van der Waals surface area contributed by atoms with Crippen LogP contribution in [0.2, 0.25) is 0 Å². The lowest BCUT2D eigenvalue weighted by Gasteiger charge is -2.26. The van der Waals surface area contributed by atoms with Gasteiger partial charge in [-0.1, -0.05) is 18.2 Å². The Labute approximate surface area is 96.1 Å². The van der Waals surface area contributed by atoms with Crippen LogP contribution in [0.1, 0.15) is 32.3 Å². The van der Waals surface area contributed by atoms with Crippen molar-refractivity contribution in [1.82, 2.24) is 0 Å². The van der Waals surface area contributed by atoms with E-state index in [1.807, 2.05) is 45.0 Å². The lowest BCUT2D eigenvalue weighted by atomic mass is 10.0. The number of aryl methyl sites for hydroxylation is 1. The molecule has 3 heteroatoms. The minimum Gasteiger partial charge on any atom is -0.488 e. The Hall–Kier alpha value is -1.51. The molecule has 0 aromatic heterocycles. The van der Waals surface area contributed by atoms with Gasteiger partial charge in [0, 0.05) is 6.42 Å². The molecule has 0 saturated carbocycles. The van der Waals surface area contributed by atoms with Crippen LogP contribution in [0.25, 0.3) is 0 Å². The highest BCUT2D eigenvalue weighted by Crippen LogP contribution is 2.25. The fraction of sp³-hybridized carbons (Fsp3) is 0.462. The summed E-state index contributed by atoms with van der Waals surface area (Å²) >= 11 is 0. The number of hydrogen-bond acceptors (Lipinski definition) is 2. The number of para-hydroxylation sites is 1. The minimum atomic E-state index is -0.790. The molecule has 0 aliphatic heterocycles. The lowest BCUT2D eigenvalue weighted by molar-refractivity contribution is -0.138. The standard InChI is InChI=1S/C13H18O3/c1-10-6-4-5-7-11(10)16-13(2,3)9-8-12(14)15/h4-7H,8-9H2,1-3H3,(H,14,15). The SMILES string of the molecule is Cc1ccccc1OC(C)(C)CCC(=O)O. The molecule has 0 aliphatic carbocycles. The molecule has 1 aromatic rings. The van der Waals surface area contributed by atoms with Crippen molar-refractivity contribution in [3.63, 3.8) is 0 Å². The van der Waals surface area contributed by atoms with E-state index in [-0.39, 0.29) is 6.42 Å². The van der Waals surface area contributed by atoms with E-state index >= 15 is 0 Å². The van der Waals surface area contributed by atoms with Crippen molar-refractivity contribution in [3.8, 4) is 5.75 Å². The summed E-state index contributed by atoms with van der Waals surface area (Å²) in [6.45, 7) is 5.79. The van der Waals surface area contributed by atoms with Crippen LogP contribution in [0.3, 0.4) is 0 Å². The van der Waals surface area contributed by atoms with E-state index < -0.39 is 11.6 Å². The Bertz CT molecular complexity index is 369. The molecule has 16 heavy (non-hydrogen) atoms. The molecule has 88 valence electrons. The third kappa shape index (κ3) is 3.93. The fourth-order valence-electron chi connectivity index (χ4n) is 1.43. The van der Waals surface area contributed by atoms with Crippen molar-refractivity contribution in [2.75, 3.05) is 0 Å². The average Bonchev–Trinajstić information content (AvgIpc) is 2.19. The van der Waals surface area contributed by atoms with Gasteiger partial charge in [0.15, 0.2) is 0 Å². The highest BCUT2D eigenvalue weighted by molar-refractivity contribution is 5.66. The van der Waals surface area contributed by atoms with E-state index in [0.29, 0.717) is 6.42 Å². The molecule has 0 bridgehead atoms. The van der Waals surface area contributed by atoms with Crippen LogP contribution in [0, 0.1) is 6.92 Å². The predicted molar refractivity (Wildman–Crippen MR) is 62.8 cm³/mol. The number of rotatable bonds is 5. The lowest BCUT2D eigenvalue weighted by Crippen LogP contribution is -2.29. The smallest absolute Gasteiger partial charge is 0.303 e. The van der Waals surface area contributed by atoms with Crippen molar-refractivity contribution < 1.29 is 14.6 Å². The number of aliphatic carboxylic acids is 1. The molecular weight excluding hydrogens is 204 g/mol. The van der Waals surface area contributed by atoms with Crippen molar-refractivity contribution in [3.05, 3.63) is 29.8 Å². The first kappa shape index (κ1) is 12.6. The summed E-state index contributed by atoms with van der Waals surface area (Å²) in [6.07, 6.45) is 0.621. The van der Waals surface area contributed by atoms with E-state index in [9.17, 15) is 4.79 Å². The average molecular weight is 222 g/mol. The highest BCUT2D eigenvalue weighted by Gasteiger charge is 2.21. The normalized spacial score (nSPS) is 11.2. The summed E-state index contributed by atoms with van der Waals surface area (Å²) in [5.41, 5.74) is 0.607. The second-order valence-corrected chi connectivity index (χ2v) is 4.52. The van der Waals surface area contributed by atoms with Gasteiger partial charge in [0.2, 0.25) is 0 Å². The van der Waals surface area contributed by atoms with Crippen LogP contribution in [-0.4, -0.2) is 16.7 Å². The fourth-order valence-corrected chi connectivity index (χ4v) is 1.43. The van der Waals surface area contributed by atoms with Crippen LogP contribution in [0.15, 0.2) is 24.3 Å². The Morgan fingerprint density at radius 2 is 2.00 bits per heavy atom. The third-order valence-electron chi connectivity index (χ3n) is 2.42. The maximum Gasteiger partial charge on any atom is 0.303 e. The second kappa shape index (κ2) is 5.01.